The van der Waals surface area contributed by atoms with E-state index in [0.717, 1.165) is 47.9 Å². The molecule has 2 amide bonds. The second-order valence-electron chi connectivity index (χ2n) is 8.79. The van der Waals surface area contributed by atoms with E-state index in [2.05, 4.69) is 5.32 Å². The van der Waals surface area contributed by atoms with Crippen LogP contribution in [0, 0.1) is 5.82 Å². The molecule has 10 heteroatoms. The summed E-state index contributed by atoms with van der Waals surface area (Å²) >= 11 is 0. The molecule has 0 saturated heterocycles. The lowest BCUT2D eigenvalue weighted by molar-refractivity contribution is -0.139. The van der Waals surface area contributed by atoms with Gasteiger partial charge in [0.05, 0.1) is 19.1 Å². The SMILES string of the molecule is COc1cccc(CN(C(=O)CN(c2cccc(F)c2)S(C)(=O)=O)C(C)C(=O)NC2CCCC2)c1. The van der Waals surface area contributed by atoms with E-state index in [1.807, 2.05) is 0 Å². The number of sulfonamides is 1. The van der Waals surface area contributed by atoms with Crippen LogP contribution >= 0.6 is 0 Å². The molecule has 2 aromatic carbocycles. The van der Waals surface area contributed by atoms with Gasteiger partial charge in [0.25, 0.3) is 0 Å². The van der Waals surface area contributed by atoms with Crippen molar-refractivity contribution in [1.29, 1.82) is 0 Å². The van der Waals surface area contributed by atoms with Crippen molar-refractivity contribution in [2.45, 2.75) is 51.2 Å². The first-order chi connectivity index (χ1) is 16.6. The normalized spacial score (nSPS) is 14.9. The number of anilines is 1. The predicted octanol–water partition coefficient (Wildman–Crippen LogP) is 3.08. The first-order valence-corrected chi connectivity index (χ1v) is 13.4. The second-order valence-corrected chi connectivity index (χ2v) is 10.7. The van der Waals surface area contributed by atoms with E-state index in [1.165, 1.54) is 30.2 Å². The van der Waals surface area contributed by atoms with Gasteiger partial charge in [-0.25, -0.2) is 12.8 Å². The van der Waals surface area contributed by atoms with E-state index in [-0.39, 0.29) is 24.2 Å². The van der Waals surface area contributed by atoms with Gasteiger partial charge >= 0.3 is 0 Å². The zero-order valence-corrected chi connectivity index (χ0v) is 21.1. The highest BCUT2D eigenvalue weighted by Gasteiger charge is 2.31. The van der Waals surface area contributed by atoms with Crippen LogP contribution in [-0.2, 0) is 26.2 Å². The summed E-state index contributed by atoms with van der Waals surface area (Å²) in [7, 11) is -2.38. The fourth-order valence-corrected chi connectivity index (χ4v) is 5.03. The molecule has 1 N–H and O–H groups in total. The van der Waals surface area contributed by atoms with Crippen LogP contribution in [0.1, 0.15) is 38.2 Å². The smallest absolute Gasteiger partial charge is 0.244 e. The highest BCUT2D eigenvalue weighted by Crippen LogP contribution is 2.22. The lowest BCUT2D eigenvalue weighted by Gasteiger charge is -2.32. The first kappa shape index (κ1) is 26.5. The first-order valence-electron chi connectivity index (χ1n) is 11.5. The fraction of sp³-hybridized carbons (Fsp3) is 0.440. The van der Waals surface area contributed by atoms with Gasteiger partial charge in [-0.3, -0.25) is 13.9 Å². The van der Waals surface area contributed by atoms with Gasteiger partial charge in [0.15, 0.2) is 0 Å². The fourth-order valence-electron chi connectivity index (χ4n) is 4.19. The van der Waals surface area contributed by atoms with E-state index in [9.17, 15) is 22.4 Å². The minimum Gasteiger partial charge on any atom is -0.497 e. The monoisotopic (exact) mass is 505 g/mol. The molecule has 190 valence electrons. The zero-order chi connectivity index (χ0) is 25.6. The Morgan fingerprint density at radius 1 is 1.14 bits per heavy atom. The molecule has 1 unspecified atom stereocenters. The van der Waals surface area contributed by atoms with Crippen molar-refractivity contribution in [3.8, 4) is 5.75 Å². The summed E-state index contributed by atoms with van der Waals surface area (Å²) < 4.78 is 45.0. The molecule has 8 nitrogen and oxygen atoms in total. The molecule has 1 fully saturated rings. The van der Waals surface area contributed by atoms with Crippen molar-refractivity contribution in [2.24, 2.45) is 0 Å². The summed E-state index contributed by atoms with van der Waals surface area (Å²) in [5.74, 6) is -0.919. The Hall–Kier alpha value is -3.14. The van der Waals surface area contributed by atoms with Gasteiger partial charge in [-0.2, -0.15) is 0 Å². The van der Waals surface area contributed by atoms with Gasteiger partial charge < -0.3 is 15.0 Å². The summed E-state index contributed by atoms with van der Waals surface area (Å²) in [4.78, 5) is 27.9. The van der Waals surface area contributed by atoms with Gasteiger partial charge in [-0.05, 0) is 55.7 Å². The van der Waals surface area contributed by atoms with Gasteiger partial charge in [0, 0.05) is 12.6 Å². The lowest BCUT2D eigenvalue weighted by atomic mass is 10.1. The number of amides is 2. The van der Waals surface area contributed by atoms with Crippen molar-refractivity contribution in [1.82, 2.24) is 10.2 Å². The summed E-state index contributed by atoms with van der Waals surface area (Å²) in [6, 6.07) is 11.3. The standard InChI is InChI=1S/C25H32FN3O5S/c1-18(25(31)27-21-10-4-5-11-21)28(16-19-8-6-13-23(14-19)34-2)24(30)17-29(35(3,32)33)22-12-7-9-20(26)15-22/h6-9,12-15,18,21H,4-5,10-11,16-17H2,1-3H3,(H,27,31). The molecule has 2 aromatic rings. The Kier molecular flexibility index (Phi) is 8.71. The molecule has 0 aliphatic heterocycles. The number of carbonyl (C=O) groups excluding carboxylic acids is 2. The van der Waals surface area contributed by atoms with Crippen LogP contribution in [0.25, 0.3) is 0 Å². The van der Waals surface area contributed by atoms with Crippen molar-refractivity contribution < 1.29 is 27.1 Å². The molecule has 0 aromatic heterocycles. The van der Waals surface area contributed by atoms with Crippen molar-refractivity contribution in [3.63, 3.8) is 0 Å². The highest BCUT2D eigenvalue weighted by atomic mass is 32.2. The molecule has 35 heavy (non-hydrogen) atoms. The largest absolute Gasteiger partial charge is 0.497 e. The third-order valence-electron chi connectivity index (χ3n) is 6.13. The van der Waals surface area contributed by atoms with Crippen LogP contribution in [0.2, 0.25) is 0 Å². The molecule has 0 heterocycles. The Morgan fingerprint density at radius 2 is 1.83 bits per heavy atom. The van der Waals surface area contributed by atoms with E-state index in [4.69, 9.17) is 4.74 Å². The van der Waals surface area contributed by atoms with Crippen LogP contribution in [-0.4, -0.2) is 57.1 Å². The van der Waals surface area contributed by atoms with Crippen molar-refractivity contribution in [3.05, 3.63) is 59.9 Å². The molecule has 0 radical (unpaired) electrons. The summed E-state index contributed by atoms with van der Waals surface area (Å²) in [6.07, 6.45) is 4.83. The quantitative estimate of drug-likeness (QED) is 0.535. The summed E-state index contributed by atoms with van der Waals surface area (Å²) in [5.41, 5.74) is 0.750. The number of nitrogens with one attached hydrogen (secondary N) is 1. The predicted molar refractivity (Wildman–Crippen MR) is 132 cm³/mol. The third-order valence-corrected chi connectivity index (χ3v) is 7.27. The van der Waals surface area contributed by atoms with Gasteiger partial charge in [0.1, 0.15) is 24.2 Å². The topological polar surface area (TPSA) is 96.0 Å². The maximum atomic E-state index is 13.8. The Morgan fingerprint density at radius 3 is 2.46 bits per heavy atom. The van der Waals surface area contributed by atoms with Gasteiger partial charge in [-0.1, -0.05) is 31.0 Å². The van der Waals surface area contributed by atoms with Crippen LogP contribution in [0.3, 0.4) is 0 Å². The molecule has 1 aliphatic carbocycles. The molecular formula is C25H32FN3O5S. The average Bonchev–Trinajstić information content (AvgIpc) is 3.32. The Bertz CT molecular complexity index is 1150. The zero-order valence-electron chi connectivity index (χ0n) is 20.2. The van der Waals surface area contributed by atoms with Crippen molar-refractivity contribution >= 4 is 27.5 Å². The van der Waals surface area contributed by atoms with Gasteiger partial charge in [-0.15, -0.1) is 0 Å². The molecular weight excluding hydrogens is 473 g/mol. The van der Waals surface area contributed by atoms with E-state index in [0.29, 0.717) is 5.75 Å². The summed E-state index contributed by atoms with van der Waals surface area (Å²) in [5, 5.41) is 3.01. The van der Waals surface area contributed by atoms with E-state index < -0.39 is 34.3 Å². The van der Waals surface area contributed by atoms with Crippen molar-refractivity contribution in [2.75, 3.05) is 24.2 Å². The molecule has 3 rings (SSSR count). The van der Waals surface area contributed by atoms with Crippen LogP contribution in [0.15, 0.2) is 48.5 Å². The van der Waals surface area contributed by atoms with E-state index in [1.54, 1.807) is 31.2 Å². The minimum absolute atomic E-state index is 0.0326. The van der Waals surface area contributed by atoms with Crippen LogP contribution < -0.4 is 14.4 Å². The number of hydrogen-bond donors (Lipinski definition) is 1. The van der Waals surface area contributed by atoms with Crippen LogP contribution in [0.5, 0.6) is 5.75 Å². The van der Waals surface area contributed by atoms with Crippen LogP contribution in [0.4, 0.5) is 10.1 Å². The number of halogens is 1. The third kappa shape index (κ3) is 7.17. The number of benzene rings is 2. The molecule has 1 atom stereocenters. The second kappa shape index (κ2) is 11.5. The number of ether oxygens (including phenoxy) is 1. The highest BCUT2D eigenvalue weighted by molar-refractivity contribution is 7.92. The maximum absolute atomic E-state index is 13.8. The van der Waals surface area contributed by atoms with Gasteiger partial charge in [0.2, 0.25) is 21.8 Å². The average molecular weight is 506 g/mol. The number of hydrogen-bond acceptors (Lipinski definition) is 5. The maximum Gasteiger partial charge on any atom is 0.244 e. The van der Waals surface area contributed by atoms with E-state index >= 15 is 0 Å². The molecule has 0 spiro atoms. The molecule has 1 saturated carbocycles. The molecule has 0 bridgehead atoms. The number of carbonyl (C=O) groups is 2. The number of methoxy groups -OCH3 is 1. The number of nitrogens with zero attached hydrogens (tertiary/aromatic N) is 2. The summed E-state index contributed by atoms with van der Waals surface area (Å²) in [6.45, 7) is 1.11. The minimum atomic E-state index is -3.91. The lowest BCUT2D eigenvalue weighted by Crippen LogP contribution is -2.52. The Balaban J connectivity index is 1.89. The Labute approximate surface area is 206 Å². The molecule has 1 aliphatic rings. The number of rotatable bonds is 10.